The topological polar surface area (TPSA) is 55.2 Å². The Balaban J connectivity index is 1.81. The highest BCUT2D eigenvalue weighted by Crippen LogP contribution is 2.24. The summed E-state index contributed by atoms with van der Waals surface area (Å²) >= 11 is 3.05. The lowest BCUT2D eigenvalue weighted by Crippen LogP contribution is -2.20. The minimum absolute atomic E-state index is 0.288. The highest BCUT2D eigenvalue weighted by molar-refractivity contribution is 8.01. The van der Waals surface area contributed by atoms with Gasteiger partial charge in [0.25, 0.3) is 0 Å². The summed E-state index contributed by atoms with van der Waals surface area (Å²) in [5.74, 6) is 1.42. The first-order valence-electron chi connectivity index (χ1n) is 6.36. The van der Waals surface area contributed by atoms with Gasteiger partial charge in [-0.25, -0.2) is 0 Å². The lowest BCUT2D eigenvalue weighted by molar-refractivity contribution is 0.125. The van der Waals surface area contributed by atoms with Crippen LogP contribution in [0, 0.1) is 20.8 Å². The van der Waals surface area contributed by atoms with E-state index in [2.05, 4.69) is 10.2 Å². The third-order valence-electron chi connectivity index (χ3n) is 2.74. The molecule has 4 nitrogen and oxygen atoms in total. The summed E-state index contributed by atoms with van der Waals surface area (Å²) in [6, 6.07) is 6.02. The number of rotatable bonds is 6. The fourth-order valence-corrected chi connectivity index (χ4v) is 3.51. The van der Waals surface area contributed by atoms with E-state index in [-0.39, 0.29) is 6.61 Å². The fourth-order valence-electron chi connectivity index (χ4n) is 1.76. The maximum absolute atomic E-state index is 9.97. The summed E-state index contributed by atoms with van der Waals surface area (Å²) in [7, 11) is 0. The second-order valence-electron chi connectivity index (χ2n) is 4.58. The number of aromatic nitrogens is 2. The first-order chi connectivity index (χ1) is 9.56. The number of thioether (sulfide) groups is 1. The van der Waals surface area contributed by atoms with Crippen LogP contribution in [0.5, 0.6) is 5.75 Å². The van der Waals surface area contributed by atoms with Crippen LogP contribution in [-0.4, -0.2) is 33.8 Å². The fraction of sp³-hybridized carbons (Fsp3) is 0.429. The predicted octanol–water partition coefficient (Wildman–Crippen LogP) is 3.00. The van der Waals surface area contributed by atoms with Crippen molar-refractivity contribution in [2.45, 2.75) is 31.2 Å². The molecule has 1 heterocycles. The largest absolute Gasteiger partial charge is 0.490 e. The third-order valence-corrected chi connectivity index (χ3v) is 4.85. The van der Waals surface area contributed by atoms with E-state index in [1.54, 1.807) is 0 Å². The normalized spacial score (nSPS) is 12.4. The van der Waals surface area contributed by atoms with Gasteiger partial charge in [-0.15, -0.1) is 10.2 Å². The van der Waals surface area contributed by atoms with E-state index < -0.39 is 6.10 Å². The number of hydrogen-bond acceptors (Lipinski definition) is 6. The molecule has 0 bridgehead atoms. The van der Waals surface area contributed by atoms with Gasteiger partial charge < -0.3 is 9.84 Å². The molecular weight excluding hydrogens is 292 g/mol. The monoisotopic (exact) mass is 310 g/mol. The van der Waals surface area contributed by atoms with Crippen LogP contribution >= 0.6 is 23.1 Å². The zero-order valence-corrected chi connectivity index (χ0v) is 13.4. The van der Waals surface area contributed by atoms with Crippen molar-refractivity contribution >= 4 is 23.1 Å². The Hall–Kier alpha value is -1.11. The van der Waals surface area contributed by atoms with Gasteiger partial charge in [-0.05, 0) is 31.9 Å². The Bertz CT molecular complexity index is 552. The number of ether oxygens (including phenoxy) is 1. The first-order valence-corrected chi connectivity index (χ1v) is 8.16. The molecule has 108 valence electrons. The van der Waals surface area contributed by atoms with E-state index in [0.717, 1.165) is 26.2 Å². The number of aliphatic hydroxyl groups excluding tert-OH is 1. The summed E-state index contributed by atoms with van der Waals surface area (Å²) in [6.45, 7) is 6.22. The van der Waals surface area contributed by atoms with E-state index in [0.29, 0.717) is 5.75 Å². The summed E-state index contributed by atoms with van der Waals surface area (Å²) in [4.78, 5) is 0. The van der Waals surface area contributed by atoms with Crippen molar-refractivity contribution in [1.82, 2.24) is 10.2 Å². The molecule has 0 saturated heterocycles. The van der Waals surface area contributed by atoms with Crippen LogP contribution in [-0.2, 0) is 0 Å². The smallest absolute Gasteiger partial charge is 0.174 e. The molecule has 0 saturated carbocycles. The maximum Gasteiger partial charge on any atom is 0.174 e. The molecule has 0 spiro atoms. The zero-order chi connectivity index (χ0) is 14.5. The Labute approximate surface area is 127 Å². The second kappa shape index (κ2) is 7.06. The number of aryl methyl sites for hydroxylation is 3. The summed E-state index contributed by atoms with van der Waals surface area (Å²) in [5.41, 5.74) is 2.18. The van der Waals surface area contributed by atoms with Gasteiger partial charge in [0, 0.05) is 5.75 Å². The van der Waals surface area contributed by atoms with Crippen LogP contribution in [0.25, 0.3) is 0 Å². The van der Waals surface area contributed by atoms with Crippen molar-refractivity contribution in [1.29, 1.82) is 0 Å². The molecule has 1 atom stereocenters. The molecule has 0 aliphatic carbocycles. The van der Waals surface area contributed by atoms with Crippen molar-refractivity contribution in [3.8, 4) is 5.75 Å². The SMILES string of the molecule is Cc1nnc(SCC(O)COc2c(C)cccc2C)s1. The van der Waals surface area contributed by atoms with Gasteiger partial charge >= 0.3 is 0 Å². The Kier molecular flexibility index (Phi) is 5.39. The molecule has 20 heavy (non-hydrogen) atoms. The summed E-state index contributed by atoms with van der Waals surface area (Å²) in [5, 5.41) is 18.9. The summed E-state index contributed by atoms with van der Waals surface area (Å²) < 4.78 is 6.61. The van der Waals surface area contributed by atoms with Crippen molar-refractivity contribution in [3.05, 3.63) is 34.3 Å². The van der Waals surface area contributed by atoms with Crippen LogP contribution in [0.3, 0.4) is 0 Å². The van der Waals surface area contributed by atoms with Crippen molar-refractivity contribution < 1.29 is 9.84 Å². The van der Waals surface area contributed by atoms with Crippen molar-refractivity contribution in [3.63, 3.8) is 0 Å². The van der Waals surface area contributed by atoms with E-state index in [1.165, 1.54) is 23.1 Å². The molecule has 1 aromatic carbocycles. The van der Waals surface area contributed by atoms with Gasteiger partial charge in [0.05, 0.1) is 6.10 Å². The van der Waals surface area contributed by atoms with Crippen molar-refractivity contribution in [2.75, 3.05) is 12.4 Å². The molecule has 1 N–H and O–H groups in total. The maximum atomic E-state index is 9.97. The Morgan fingerprint density at radius 1 is 1.25 bits per heavy atom. The van der Waals surface area contributed by atoms with Crippen LogP contribution < -0.4 is 4.74 Å². The van der Waals surface area contributed by atoms with Crippen LogP contribution in [0.2, 0.25) is 0 Å². The Morgan fingerprint density at radius 3 is 2.55 bits per heavy atom. The lowest BCUT2D eigenvalue weighted by Gasteiger charge is -2.14. The second-order valence-corrected chi connectivity index (χ2v) is 7.03. The van der Waals surface area contributed by atoms with Gasteiger partial charge in [0.2, 0.25) is 0 Å². The van der Waals surface area contributed by atoms with Crippen molar-refractivity contribution in [2.24, 2.45) is 0 Å². The highest BCUT2D eigenvalue weighted by Gasteiger charge is 2.10. The Morgan fingerprint density at radius 2 is 1.95 bits per heavy atom. The molecule has 1 unspecified atom stereocenters. The number of para-hydroxylation sites is 1. The average Bonchev–Trinajstić information content (AvgIpc) is 2.82. The van der Waals surface area contributed by atoms with Gasteiger partial charge in [0.1, 0.15) is 17.4 Å². The molecule has 0 radical (unpaired) electrons. The van der Waals surface area contributed by atoms with Crippen LogP contribution in [0.15, 0.2) is 22.5 Å². The average molecular weight is 310 g/mol. The van der Waals surface area contributed by atoms with E-state index in [9.17, 15) is 5.11 Å². The van der Waals surface area contributed by atoms with E-state index in [1.807, 2.05) is 39.0 Å². The minimum Gasteiger partial charge on any atom is -0.490 e. The highest BCUT2D eigenvalue weighted by atomic mass is 32.2. The molecule has 1 aromatic heterocycles. The van der Waals surface area contributed by atoms with E-state index >= 15 is 0 Å². The number of aliphatic hydroxyl groups is 1. The standard InChI is InChI=1S/C14H18N2O2S2/c1-9-5-4-6-10(2)13(9)18-7-12(17)8-19-14-16-15-11(3)20-14/h4-6,12,17H,7-8H2,1-3H3. The lowest BCUT2D eigenvalue weighted by atomic mass is 10.1. The predicted molar refractivity (Wildman–Crippen MR) is 82.8 cm³/mol. The molecule has 0 amide bonds. The van der Waals surface area contributed by atoms with Gasteiger partial charge in [-0.3, -0.25) is 0 Å². The minimum atomic E-state index is -0.525. The molecule has 0 fully saturated rings. The van der Waals surface area contributed by atoms with Crippen LogP contribution in [0.4, 0.5) is 0 Å². The van der Waals surface area contributed by atoms with Crippen LogP contribution in [0.1, 0.15) is 16.1 Å². The third kappa shape index (κ3) is 4.19. The number of nitrogens with zero attached hydrogens (tertiary/aromatic N) is 2. The number of benzene rings is 1. The quantitative estimate of drug-likeness (QED) is 0.831. The van der Waals surface area contributed by atoms with E-state index in [4.69, 9.17) is 4.74 Å². The summed E-state index contributed by atoms with van der Waals surface area (Å²) in [6.07, 6.45) is -0.525. The first kappa shape index (κ1) is 15.3. The molecule has 0 aliphatic heterocycles. The van der Waals surface area contributed by atoms with Gasteiger partial charge in [0.15, 0.2) is 4.34 Å². The molecule has 2 aromatic rings. The van der Waals surface area contributed by atoms with Gasteiger partial charge in [-0.1, -0.05) is 41.3 Å². The molecule has 0 aliphatic rings. The molecule has 2 rings (SSSR count). The molecular formula is C14H18N2O2S2. The van der Waals surface area contributed by atoms with Gasteiger partial charge in [-0.2, -0.15) is 0 Å². The number of hydrogen-bond donors (Lipinski definition) is 1. The molecule has 6 heteroatoms. The zero-order valence-electron chi connectivity index (χ0n) is 11.8.